The Bertz CT molecular complexity index is 1030. The van der Waals surface area contributed by atoms with E-state index in [-0.39, 0.29) is 5.97 Å². The van der Waals surface area contributed by atoms with E-state index in [0.29, 0.717) is 10.7 Å². The van der Waals surface area contributed by atoms with Gasteiger partial charge in [0.25, 0.3) is 0 Å². The minimum Gasteiger partial charge on any atom is -0.465 e. The van der Waals surface area contributed by atoms with E-state index in [4.69, 9.17) is 17.0 Å². The third kappa shape index (κ3) is 3.44. The number of ether oxygens (including phenoxy) is 1. The number of hydrogen-bond donors (Lipinski definition) is 2. The number of methoxy groups -OCH3 is 1. The Labute approximate surface area is 170 Å². The van der Waals surface area contributed by atoms with Crippen LogP contribution in [0, 0.1) is 13.8 Å². The lowest BCUT2D eigenvalue weighted by Crippen LogP contribution is -2.20. The van der Waals surface area contributed by atoms with Crippen molar-refractivity contribution < 1.29 is 9.53 Å². The molecule has 3 aromatic rings. The van der Waals surface area contributed by atoms with Gasteiger partial charge in [-0.15, -0.1) is 11.3 Å². The van der Waals surface area contributed by atoms with E-state index in [1.807, 2.05) is 0 Å². The smallest absolute Gasteiger partial charge is 0.341 e. The third-order valence-corrected chi connectivity index (χ3v) is 7.11. The first kappa shape index (κ1) is 18.3. The highest BCUT2D eigenvalue weighted by Crippen LogP contribution is 2.39. The van der Waals surface area contributed by atoms with E-state index in [0.717, 1.165) is 45.2 Å². The van der Waals surface area contributed by atoms with E-state index < -0.39 is 0 Å². The molecule has 2 aromatic heterocycles. The average molecular weight is 418 g/mol. The predicted molar refractivity (Wildman–Crippen MR) is 117 cm³/mol. The molecular weight excluding hydrogens is 398 g/mol. The number of esters is 1. The number of thiazole rings is 1. The van der Waals surface area contributed by atoms with Gasteiger partial charge in [-0.25, -0.2) is 9.78 Å². The highest BCUT2D eigenvalue weighted by Gasteiger charge is 2.27. The number of rotatable bonds is 3. The zero-order valence-corrected chi connectivity index (χ0v) is 17.7. The number of aromatic nitrogens is 1. The van der Waals surface area contributed by atoms with Crippen LogP contribution in [0.15, 0.2) is 12.1 Å². The van der Waals surface area contributed by atoms with Crippen molar-refractivity contribution in [3.63, 3.8) is 0 Å². The van der Waals surface area contributed by atoms with Crippen molar-refractivity contribution >= 4 is 66.3 Å². The molecule has 0 unspecified atom stereocenters. The van der Waals surface area contributed by atoms with Crippen LogP contribution >= 0.6 is 34.9 Å². The zero-order valence-electron chi connectivity index (χ0n) is 15.3. The van der Waals surface area contributed by atoms with Crippen LogP contribution in [0.1, 0.15) is 38.3 Å². The number of hydrogen-bond acceptors (Lipinski definition) is 6. The minimum atomic E-state index is -0.314. The molecule has 0 radical (unpaired) electrons. The summed E-state index contributed by atoms with van der Waals surface area (Å²) in [7, 11) is 1.41. The molecule has 2 heterocycles. The lowest BCUT2D eigenvalue weighted by atomic mass is 10.1. The number of nitrogens with zero attached hydrogens (tertiary/aromatic N) is 1. The van der Waals surface area contributed by atoms with Crippen molar-refractivity contribution in [2.24, 2.45) is 0 Å². The van der Waals surface area contributed by atoms with E-state index in [1.54, 1.807) is 22.7 Å². The van der Waals surface area contributed by atoms with E-state index in [1.165, 1.54) is 23.1 Å². The summed E-state index contributed by atoms with van der Waals surface area (Å²) in [6.07, 6.45) is 3.00. The van der Waals surface area contributed by atoms with Crippen molar-refractivity contribution in [2.45, 2.75) is 33.1 Å². The van der Waals surface area contributed by atoms with E-state index >= 15 is 0 Å². The Morgan fingerprint density at radius 3 is 2.74 bits per heavy atom. The van der Waals surface area contributed by atoms with Gasteiger partial charge < -0.3 is 15.4 Å². The van der Waals surface area contributed by atoms with Crippen LogP contribution in [0.4, 0.5) is 10.1 Å². The molecule has 0 atom stereocenters. The Balaban J connectivity index is 1.56. The van der Waals surface area contributed by atoms with Gasteiger partial charge in [0, 0.05) is 4.88 Å². The van der Waals surface area contributed by atoms with Gasteiger partial charge in [-0.3, -0.25) is 0 Å². The van der Waals surface area contributed by atoms with Gasteiger partial charge in [-0.1, -0.05) is 11.3 Å². The Hall–Kier alpha value is -2.03. The highest BCUT2D eigenvalue weighted by molar-refractivity contribution is 7.80. The summed E-state index contributed by atoms with van der Waals surface area (Å²) in [5, 5.41) is 8.23. The molecule has 0 spiro atoms. The molecular formula is C19H19N3O2S3. The standard InChI is InChI=1S/C19H19N3O2S3/c1-9-7-12-14(8-10(9)2)27-19(20-12)22-18(25)21-16-15(17(23)24-3)11-5-4-6-13(11)26-16/h7-8H,4-6H2,1-3H3,(H2,20,21,22,25). The number of nitrogens with one attached hydrogen (secondary N) is 2. The van der Waals surface area contributed by atoms with Crippen molar-refractivity contribution in [1.82, 2.24) is 4.98 Å². The quantitative estimate of drug-likeness (QED) is 0.459. The molecule has 1 aromatic carbocycles. The second kappa shape index (κ2) is 7.18. The van der Waals surface area contributed by atoms with Crippen LogP contribution in [-0.2, 0) is 17.6 Å². The number of anilines is 2. The fraction of sp³-hybridized carbons (Fsp3) is 0.316. The van der Waals surface area contributed by atoms with Gasteiger partial charge in [0.1, 0.15) is 5.00 Å². The normalized spacial score (nSPS) is 12.9. The first-order chi connectivity index (χ1) is 13.0. The van der Waals surface area contributed by atoms with Gasteiger partial charge in [0.05, 0.1) is 22.9 Å². The fourth-order valence-corrected chi connectivity index (χ4v) is 5.84. The molecule has 0 saturated heterocycles. The molecule has 5 nitrogen and oxygen atoms in total. The SMILES string of the molecule is COC(=O)c1c(NC(=S)Nc2nc3cc(C)c(C)cc3s2)sc2c1CCC2. The van der Waals surface area contributed by atoms with Gasteiger partial charge in [0.15, 0.2) is 10.2 Å². The van der Waals surface area contributed by atoms with Crippen LogP contribution in [0.2, 0.25) is 0 Å². The molecule has 0 fully saturated rings. The largest absolute Gasteiger partial charge is 0.465 e. The third-order valence-electron chi connectivity index (χ3n) is 4.76. The number of carbonyl (C=O) groups is 1. The number of fused-ring (bicyclic) bond motifs is 2. The number of thiophene rings is 1. The molecule has 27 heavy (non-hydrogen) atoms. The van der Waals surface area contributed by atoms with Crippen molar-refractivity contribution in [1.29, 1.82) is 0 Å². The topological polar surface area (TPSA) is 63.2 Å². The lowest BCUT2D eigenvalue weighted by molar-refractivity contribution is 0.0601. The Kier molecular flexibility index (Phi) is 4.88. The first-order valence-corrected chi connectivity index (χ1v) is 10.7. The first-order valence-electron chi connectivity index (χ1n) is 8.65. The van der Waals surface area contributed by atoms with Gasteiger partial charge >= 0.3 is 5.97 Å². The number of carbonyl (C=O) groups excluding carboxylic acids is 1. The molecule has 0 aliphatic heterocycles. The summed E-state index contributed by atoms with van der Waals surface area (Å²) in [6.45, 7) is 4.18. The second-order valence-corrected chi connectivity index (χ2v) is 9.10. The molecule has 1 aliphatic carbocycles. The average Bonchev–Trinajstić information content (AvgIpc) is 3.29. The summed E-state index contributed by atoms with van der Waals surface area (Å²) in [4.78, 5) is 18.1. The van der Waals surface area contributed by atoms with Crippen molar-refractivity contribution in [3.8, 4) is 0 Å². The zero-order chi connectivity index (χ0) is 19.1. The number of thiocarbonyl (C=S) groups is 1. The van der Waals surface area contributed by atoms with Crippen LogP contribution < -0.4 is 10.6 Å². The van der Waals surface area contributed by atoms with Crippen molar-refractivity contribution in [3.05, 3.63) is 39.3 Å². The fourth-order valence-electron chi connectivity index (χ4n) is 3.28. The van der Waals surface area contributed by atoms with Crippen LogP contribution in [0.25, 0.3) is 10.2 Å². The van der Waals surface area contributed by atoms with Crippen LogP contribution in [-0.4, -0.2) is 23.2 Å². The molecule has 2 N–H and O–H groups in total. The second-order valence-electron chi connectivity index (χ2n) is 6.56. The lowest BCUT2D eigenvalue weighted by Gasteiger charge is -2.09. The minimum absolute atomic E-state index is 0.314. The van der Waals surface area contributed by atoms with E-state index in [2.05, 4.69) is 41.6 Å². The maximum Gasteiger partial charge on any atom is 0.341 e. The molecule has 0 amide bonds. The van der Waals surface area contributed by atoms with Gasteiger partial charge in [-0.2, -0.15) is 0 Å². The van der Waals surface area contributed by atoms with Gasteiger partial charge in [-0.05, 0) is 74.2 Å². The molecule has 140 valence electrons. The summed E-state index contributed by atoms with van der Waals surface area (Å²) < 4.78 is 6.10. The number of benzene rings is 1. The summed E-state index contributed by atoms with van der Waals surface area (Å²) in [5.74, 6) is -0.314. The highest BCUT2D eigenvalue weighted by atomic mass is 32.1. The monoisotopic (exact) mass is 417 g/mol. The molecule has 8 heteroatoms. The summed E-state index contributed by atoms with van der Waals surface area (Å²) in [5.41, 5.74) is 5.14. The Morgan fingerprint density at radius 1 is 1.19 bits per heavy atom. The molecule has 0 bridgehead atoms. The van der Waals surface area contributed by atoms with Gasteiger partial charge in [0.2, 0.25) is 0 Å². The van der Waals surface area contributed by atoms with Crippen LogP contribution in [0.5, 0.6) is 0 Å². The maximum absolute atomic E-state index is 12.2. The molecule has 4 rings (SSSR count). The maximum atomic E-state index is 12.2. The Morgan fingerprint density at radius 2 is 1.96 bits per heavy atom. The van der Waals surface area contributed by atoms with E-state index in [9.17, 15) is 4.79 Å². The summed E-state index contributed by atoms with van der Waals surface area (Å²) in [6, 6.07) is 4.23. The van der Waals surface area contributed by atoms with Crippen molar-refractivity contribution in [2.75, 3.05) is 17.7 Å². The molecule has 1 aliphatic rings. The predicted octanol–water partition coefficient (Wildman–Crippen LogP) is 5.06. The summed E-state index contributed by atoms with van der Waals surface area (Å²) >= 11 is 8.61. The molecule has 0 saturated carbocycles. The van der Waals surface area contributed by atoms with Crippen LogP contribution in [0.3, 0.4) is 0 Å². The number of aryl methyl sites for hydroxylation is 3.